The van der Waals surface area contributed by atoms with Crippen LogP contribution in [0.25, 0.3) is 0 Å². The summed E-state index contributed by atoms with van der Waals surface area (Å²) in [5, 5.41) is 16.9. The highest BCUT2D eigenvalue weighted by Gasteiger charge is 2.23. The number of pyridine rings is 1. The van der Waals surface area contributed by atoms with Crippen LogP contribution in [0, 0.1) is 15.9 Å². The molecule has 2 aromatic heterocycles. The first-order valence-corrected chi connectivity index (χ1v) is 8.21. The molecule has 26 heavy (non-hydrogen) atoms. The summed E-state index contributed by atoms with van der Waals surface area (Å²) in [5.41, 5.74) is -0.0522. The van der Waals surface area contributed by atoms with Crippen LogP contribution in [0.15, 0.2) is 47.3 Å². The number of benzene rings is 1. The molecule has 0 saturated heterocycles. The van der Waals surface area contributed by atoms with Gasteiger partial charge in [-0.2, -0.15) is 0 Å². The lowest BCUT2D eigenvalue weighted by Crippen LogP contribution is -2.06. The Morgan fingerprint density at radius 3 is 2.46 bits per heavy atom. The number of rotatable bonds is 5. The number of nitrogens with zero attached hydrogens (tertiary/aromatic N) is 4. The zero-order chi connectivity index (χ0) is 18.7. The zero-order valence-corrected chi connectivity index (χ0v) is 15.1. The average molecular weight is 440 g/mol. The van der Waals surface area contributed by atoms with Crippen molar-refractivity contribution >= 4 is 56.4 Å². The lowest BCUT2D eigenvalue weighted by Gasteiger charge is -2.10. The van der Waals surface area contributed by atoms with Gasteiger partial charge in [-0.15, -0.1) is 0 Å². The molecular weight excluding hydrogens is 431 g/mol. The molecular formula is C15H9BrClFN6O2. The topological polar surface area (TPSA) is 106 Å². The summed E-state index contributed by atoms with van der Waals surface area (Å²) in [5.74, 6) is -0.355. The summed E-state index contributed by atoms with van der Waals surface area (Å²) in [6.07, 6.45) is 2.69. The lowest BCUT2D eigenvalue weighted by molar-refractivity contribution is -0.383. The molecule has 11 heteroatoms. The van der Waals surface area contributed by atoms with E-state index in [4.69, 9.17) is 11.6 Å². The van der Waals surface area contributed by atoms with Crippen LogP contribution < -0.4 is 10.6 Å². The second kappa shape index (κ2) is 7.58. The first-order chi connectivity index (χ1) is 12.4. The van der Waals surface area contributed by atoms with E-state index in [1.54, 1.807) is 12.1 Å². The van der Waals surface area contributed by atoms with Crippen molar-refractivity contribution in [3.05, 3.63) is 68.3 Å². The third kappa shape index (κ3) is 4.03. The minimum Gasteiger partial charge on any atom is -0.334 e. The molecule has 132 valence electrons. The molecule has 1 aromatic carbocycles. The quantitative estimate of drug-likeness (QED) is 0.433. The molecule has 0 saturated carbocycles. The van der Waals surface area contributed by atoms with Crippen LogP contribution in [0.4, 0.5) is 33.2 Å². The maximum Gasteiger partial charge on any atom is 0.353 e. The van der Waals surface area contributed by atoms with E-state index in [1.807, 2.05) is 0 Å². The van der Waals surface area contributed by atoms with E-state index in [0.29, 0.717) is 11.5 Å². The molecule has 8 nitrogen and oxygen atoms in total. The average Bonchev–Trinajstić information content (AvgIpc) is 2.60. The molecule has 0 aliphatic heterocycles. The van der Waals surface area contributed by atoms with Crippen LogP contribution in [-0.4, -0.2) is 19.9 Å². The van der Waals surface area contributed by atoms with E-state index < -0.39 is 16.4 Å². The monoisotopic (exact) mass is 438 g/mol. The lowest BCUT2D eigenvalue weighted by atomic mass is 10.3. The molecule has 0 bridgehead atoms. The third-order valence-electron chi connectivity index (χ3n) is 3.16. The summed E-state index contributed by atoms with van der Waals surface area (Å²) in [4.78, 5) is 22.8. The second-order valence-electron chi connectivity index (χ2n) is 4.92. The maximum atomic E-state index is 13.3. The molecule has 2 N–H and O–H groups in total. The summed E-state index contributed by atoms with van der Waals surface area (Å²) in [7, 11) is 0. The van der Waals surface area contributed by atoms with Crippen molar-refractivity contribution in [1.29, 1.82) is 0 Å². The fourth-order valence-corrected chi connectivity index (χ4v) is 2.43. The summed E-state index contributed by atoms with van der Waals surface area (Å²) < 4.78 is 14.0. The molecule has 0 aliphatic carbocycles. The van der Waals surface area contributed by atoms with E-state index >= 15 is 0 Å². The largest absolute Gasteiger partial charge is 0.353 e. The highest BCUT2D eigenvalue weighted by Crippen LogP contribution is 2.33. The van der Waals surface area contributed by atoms with Crippen molar-refractivity contribution in [2.75, 3.05) is 10.6 Å². The van der Waals surface area contributed by atoms with Crippen LogP contribution in [-0.2, 0) is 0 Å². The normalized spacial score (nSPS) is 10.4. The van der Waals surface area contributed by atoms with Gasteiger partial charge in [0.05, 0.1) is 9.95 Å². The number of nitrogens with one attached hydrogen (secondary N) is 2. The molecule has 0 atom stereocenters. The molecule has 0 radical (unpaired) electrons. The van der Waals surface area contributed by atoms with Crippen molar-refractivity contribution < 1.29 is 9.31 Å². The Hall–Kier alpha value is -2.85. The first-order valence-electron chi connectivity index (χ1n) is 7.04. The predicted octanol–water partition coefficient (Wildman–Crippen LogP) is 4.82. The Morgan fingerprint density at radius 1 is 1.12 bits per heavy atom. The van der Waals surface area contributed by atoms with E-state index in [0.717, 1.165) is 16.9 Å². The number of aromatic nitrogens is 3. The van der Waals surface area contributed by atoms with Crippen LogP contribution in [0.2, 0.25) is 5.02 Å². The second-order valence-corrected chi connectivity index (χ2v) is 6.24. The third-order valence-corrected chi connectivity index (χ3v) is 3.92. The fraction of sp³-hybridized carbons (Fsp3) is 0. The van der Waals surface area contributed by atoms with Gasteiger partial charge in [-0.05, 0) is 46.3 Å². The molecule has 0 amide bonds. The van der Waals surface area contributed by atoms with Crippen LogP contribution in [0.5, 0.6) is 0 Å². The van der Waals surface area contributed by atoms with Crippen molar-refractivity contribution in [3.8, 4) is 0 Å². The van der Waals surface area contributed by atoms with Crippen molar-refractivity contribution in [3.63, 3.8) is 0 Å². The number of nitro groups is 1. The van der Waals surface area contributed by atoms with E-state index in [2.05, 4.69) is 41.5 Å². The molecule has 3 rings (SSSR count). The van der Waals surface area contributed by atoms with Gasteiger partial charge in [-0.1, -0.05) is 11.6 Å². The summed E-state index contributed by atoms with van der Waals surface area (Å²) in [6, 6.07) is 7.18. The first kappa shape index (κ1) is 18.0. The van der Waals surface area contributed by atoms with Crippen molar-refractivity contribution in [1.82, 2.24) is 15.0 Å². The van der Waals surface area contributed by atoms with E-state index in [1.165, 1.54) is 18.3 Å². The zero-order valence-electron chi connectivity index (χ0n) is 12.8. The Kier molecular flexibility index (Phi) is 5.24. The number of hydrogen-bond donors (Lipinski definition) is 2. The number of halogens is 3. The minimum absolute atomic E-state index is 0.0458. The van der Waals surface area contributed by atoms with Crippen LogP contribution >= 0.6 is 27.5 Å². The van der Waals surface area contributed by atoms with Gasteiger partial charge in [-0.3, -0.25) is 10.1 Å². The van der Waals surface area contributed by atoms with Gasteiger partial charge >= 0.3 is 5.69 Å². The van der Waals surface area contributed by atoms with Gasteiger partial charge in [0.2, 0.25) is 11.6 Å². The van der Waals surface area contributed by atoms with Gasteiger partial charge in [0, 0.05) is 16.4 Å². The molecule has 3 aromatic rings. The van der Waals surface area contributed by atoms with Crippen molar-refractivity contribution in [2.24, 2.45) is 0 Å². The van der Waals surface area contributed by atoms with Crippen LogP contribution in [0.1, 0.15) is 0 Å². The maximum absolute atomic E-state index is 13.3. The van der Waals surface area contributed by atoms with Gasteiger partial charge in [0.25, 0.3) is 0 Å². The molecule has 0 fully saturated rings. The Bertz CT molecular complexity index is 973. The smallest absolute Gasteiger partial charge is 0.334 e. The summed E-state index contributed by atoms with van der Waals surface area (Å²) >= 11 is 8.98. The van der Waals surface area contributed by atoms with E-state index in [-0.39, 0.29) is 16.7 Å². The highest BCUT2D eigenvalue weighted by atomic mass is 79.9. The SMILES string of the molecule is O=[N+]([O-])c1c(Nc2ccc(F)c(Cl)c2)ncnc1Nc1ccc(Br)cn1. The minimum atomic E-state index is -0.630. The predicted molar refractivity (Wildman–Crippen MR) is 98.6 cm³/mol. The van der Waals surface area contributed by atoms with Gasteiger partial charge < -0.3 is 10.6 Å². The van der Waals surface area contributed by atoms with Crippen LogP contribution in [0.3, 0.4) is 0 Å². The number of anilines is 4. The molecule has 0 aliphatic rings. The highest BCUT2D eigenvalue weighted by molar-refractivity contribution is 9.10. The van der Waals surface area contributed by atoms with Crippen molar-refractivity contribution in [2.45, 2.75) is 0 Å². The fourth-order valence-electron chi connectivity index (χ4n) is 2.02. The Balaban J connectivity index is 1.96. The molecule has 2 heterocycles. The standard InChI is InChI=1S/C15H9BrClFN6O2/c16-8-1-4-12(19-6-8)23-15-13(24(25)26)14(20-7-21-15)22-9-2-3-11(18)10(17)5-9/h1-7H,(H2,19,20,21,22,23). The molecule has 0 unspecified atom stereocenters. The Morgan fingerprint density at radius 2 is 1.85 bits per heavy atom. The van der Waals surface area contributed by atoms with Gasteiger partial charge in [0.1, 0.15) is 18.0 Å². The number of hydrogen-bond acceptors (Lipinski definition) is 7. The van der Waals surface area contributed by atoms with Gasteiger partial charge in [-0.25, -0.2) is 19.3 Å². The molecule has 0 spiro atoms. The van der Waals surface area contributed by atoms with Gasteiger partial charge in [0.15, 0.2) is 0 Å². The Labute approximate surface area is 159 Å². The van der Waals surface area contributed by atoms with E-state index in [9.17, 15) is 14.5 Å². The summed E-state index contributed by atoms with van der Waals surface area (Å²) in [6.45, 7) is 0.